The minimum atomic E-state index is -0.889. The average molecular weight is 357 g/mol. The van der Waals surface area contributed by atoms with E-state index in [2.05, 4.69) is 5.32 Å². The largest absolute Gasteiger partial charge is 0.507 e. The van der Waals surface area contributed by atoms with Crippen LogP contribution in [0.1, 0.15) is 32.0 Å². The molecular formula is C19H19NO6. The highest BCUT2D eigenvalue weighted by molar-refractivity contribution is 6.08. The van der Waals surface area contributed by atoms with E-state index in [9.17, 15) is 19.5 Å². The summed E-state index contributed by atoms with van der Waals surface area (Å²) in [6.07, 6.45) is 2.64. The highest BCUT2D eigenvalue weighted by Gasteiger charge is 2.15. The number of hydrogen-bond donors (Lipinski definition) is 2. The summed E-state index contributed by atoms with van der Waals surface area (Å²) in [6, 6.07) is 7.76. The van der Waals surface area contributed by atoms with E-state index in [1.54, 1.807) is 31.4 Å². The lowest BCUT2D eigenvalue weighted by Gasteiger charge is -2.04. The van der Waals surface area contributed by atoms with Crippen molar-refractivity contribution in [1.82, 2.24) is 5.32 Å². The van der Waals surface area contributed by atoms with Crippen LogP contribution in [-0.4, -0.2) is 37.1 Å². The minimum absolute atomic E-state index is 0.215. The Labute approximate surface area is 149 Å². The standard InChI is InChI=1S/C19H19NO6/c1-12-11-16(22)17(19(24)26-12)15(21)8-5-13-3-6-14(7-4-13)18(23)20-9-10-25-2/h3-8,11,22H,9-10H2,1-2H3,(H,20,23). The molecule has 0 aliphatic heterocycles. The summed E-state index contributed by atoms with van der Waals surface area (Å²) in [5.74, 6) is -1.10. The fraction of sp³-hybridized carbons (Fsp3) is 0.211. The van der Waals surface area contributed by atoms with Crippen LogP contribution in [0.5, 0.6) is 5.75 Å². The third-order valence-corrected chi connectivity index (χ3v) is 3.49. The number of aromatic hydroxyl groups is 1. The van der Waals surface area contributed by atoms with Crippen LogP contribution in [0.25, 0.3) is 6.08 Å². The summed E-state index contributed by atoms with van der Waals surface area (Å²) in [5, 5.41) is 12.5. The number of carbonyl (C=O) groups excluding carboxylic acids is 2. The maximum atomic E-state index is 12.1. The molecule has 136 valence electrons. The van der Waals surface area contributed by atoms with Crippen molar-refractivity contribution in [3.05, 3.63) is 69.3 Å². The van der Waals surface area contributed by atoms with Crippen molar-refractivity contribution in [2.45, 2.75) is 6.92 Å². The van der Waals surface area contributed by atoms with E-state index >= 15 is 0 Å². The number of aryl methyl sites for hydroxylation is 1. The molecule has 1 aromatic heterocycles. The number of hydrogen-bond acceptors (Lipinski definition) is 6. The molecule has 2 N–H and O–H groups in total. The molecule has 26 heavy (non-hydrogen) atoms. The smallest absolute Gasteiger partial charge is 0.351 e. The number of nitrogens with one attached hydrogen (secondary N) is 1. The van der Waals surface area contributed by atoms with Gasteiger partial charge < -0.3 is 19.6 Å². The van der Waals surface area contributed by atoms with Gasteiger partial charge in [-0.2, -0.15) is 0 Å². The Kier molecular flexibility index (Phi) is 6.46. The first-order valence-electron chi connectivity index (χ1n) is 7.85. The van der Waals surface area contributed by atoms with Gasteiger partial charge in [0, 0.05) is 25.3 Å². The molecule has 0 saturated heterocycles. The summed E-state index contributed by atoms with van der Waals surface area (Å²) in [4.78, 5) is 35.7. The van der Waals surface area contributed by atoms with Crippen LogP contribution in [0.15, 0.2) is 45.6 Å². The van der Waals surface area contributed by atoms with Crippen LogP contribution in [0.4, 0.5) is 0 Å². The van der Waals surface area contributed by atoms with Crippen LogP contribution < -0.4 is 10.9 Å². The number of benzene rings is 1. The van der Waals surface area contributed by atoms with Gasteiger partial charge >= 0.3 is 5.63 Å². The first-order chi connectivity index (χ1) is 12.4. The SMILES string of the molecule is COCCNC(=O)c1ccc(C=CC(=O)c2c(O)cc(C)oc2=O)cc1. The van der Waals surface area contributed by atoms with Crippen molar-refractivity contribution in [3.8, 4) is 5.75 Å². The van der Waals surface area contributed by atoms with Gasteiger partial charge in [0.05, 0.1) is 6.61 Å². The fourth-order valence-corrected chi connectivity index (χ4v) is 2.19. The summed E-state index contributed by atoms with van der Waals surface area (Å²) >= 11 is 0. The fourth-order valence-electron chi connectivity index (χ4n) is 2.19. The predicted octanol–water partition coefficient (Wildman–Crippen LogP) is 1.93. The monoisotopic (exact) mass is 357 g/mol. The summed E-state index contributed by atoms with van der Waals surface area (Å²) < 4.78 is 9.68. The third kappa shape index (κ3) is 4.90. The summed E-state index contributed by atoms with van der Waals surface area (Å²) in [7, 11) is 1.55. The van der Waals surface area contributed by atoms with Crippen molar-refractivity contribution >= 4 is 17.8 Å². The second kappa shape index (κ2) is 8.77. The molecule has 0 spiro atoms. The second-order valence-corrected chi connectivity index (χ2v) is 5.47. The highest BCUT2D eigenvalue weighted by atomic mass is 16.5. The number of allylic oxidation sites excluding steroid dienone is 1. The molecule has 1 heterocycles. The van der Waals surface area contributed by atoms with Gasteiger partial charge in [0.15, 0.2) is 5.78 Å². The lowest BCUT2D eigenvalue weighted by molar-refractivity contribution is 0.0936. The highest BCUT2D eigenvalue weighted by Crippen LogP contribution is 2.16. The Morgan fingerprint density at radius 2 is 1.96 bits per heavy atom. The van der Waals surface area contributed by atoms with Crippen molar-refractivity contribution in [2.75, 3.05) is 20.3 Å². The number of amides is 1. The van der Waals surface area contributed by atoms with E-state index in [1.807, 2.05) is 0 Å². The zero-order valence-electron chi connectivity index (χ0n) is 14.4. The van der Waals surface area contributed by atoms with Crippen LogP contribution in [-0.2, 0) is 4.74 Å². The van der Waals surface area contributed by atoms with Gasteiger partial charge in [0.2, 0.25) is 0 Å². The number of methoxy groups -OCH3 is 1. The molecule has 0 unspecified atom stereocenters. The molecule has 1 aromatic carbocycles. The normalized spacial score (nSPS) is 10.8. The maximum Gasteiger partial charge on any atom is 0.351 e. The maximum absolute atomic E-state index is 12.1. The molecule has 0 aliphatic rings. The lowest BCUT2D eigenvalue weighted by atomic mass is 10.1. The Morgan fingerprint density at radius 3 is 2.58 bits per heavy atom. The molecule has 0 aliphatic carbocycles. The van der Waals surface area contributed by atoms with Crippen molar-refractivity contribution in [1.29, 1.82) is 0 Å². The minimum Gasteiger partial charge on any atom is -0.507 e. The first kappa shape index (κ1) is 19.1. The van der Waals surface area contributed by atoms with E-state index < -0.39 is 22.7 Å². The van der Waals surface area contributed by atoms with E-state index in [1.165, 1.54) is 19.1 Å². The van der Waals surface area contributed by atoms with Gasteiger partial charge in [-0.3, -0.25) is 9.59 Å². The van der Waals surface area contributed by atoms with Crippen molar-refractivity contribution < 1.29 is 23.8 Å². The van der Waals surface area contributed by atoms with Gasteiger partial charge in [-0.25, -0.2) is 4.79 Å². The molecule has 7 nitrogen and oxygen atoms in total. The molecule has 7 heteroatoms. The van der Waals surface area contributed by atoms with Crippen molar-refractivity contribution in [3.63, 3.8) is 0 Å². The summed E-state index contributed by atoms with van der Waals surface area (Å²) in [6.45, 7) is 2.33. The molecule has 0 radical (unpaired) electrons. The van der Waals surface area contributed by atoms with Gasteiger partial charge in [0.25, 0.3) is 5.91 Å². The topological polar surface area (TPSA) is 106 Å². The van der Waals surface area contributed by atoms with Gasteiger partial charge in [-0.1, -0.05) is 18.2 Å². The Balaban J connectivity index is 2.08. The molecule has 0 fully saturated rings. The second-order valence-electron chi connectivity index (χ2n) is 5.47. The van der Waals surface area contributed by atoms with Crippen LogP contribution in [0.3, 0.4) is 0 Å². The molecular weight excluding hydrogens is 338 g/mol. The van der Waals surface area contributed by atoms with Crippen LogP contribution in [0, 0.1) is 6.92 Å². The number of ketones is 1. The quantitative estimate of drug-likeness (QED) is 0.446. The summed E-state index contributed by atoms with van der Waals surface area (Å²) in [5.41, 5.74) is -0.176. The Hall–Kier alpha value is -3.19. The van der Waals surface area contributed by atoms with Crippen LogP contribution >= 0.6 is 0 Å². The zero-order chi connectivity index (χ0) is 19.1. The molecule has 0 atom stereocenters. The van der Waals surface area contributed by atoms with Gasteiger partial charge in [-0.15, -0.1) is 0 Å². The molecule has 0 bridgehead atoms. The van der Waals surface area contributed by atoms with Crippen LogP contribution in [0.2, 0.25) is 0 Å². The van der Waals surface area contributed by atoms with E-state index in [0.717, 1.165) is 6.08 Å². The first-order valence-corrected chi connectivity index (χ1v) is 7.85. The number of ether oxygens (including phenoxy) is 1. The van der Waals surface area contributed by atoms with Gasteiger partial charge in [0.1, 0.15) is 17.1 Å². The predicted molar refractivity (Wildman–Crippen MR) is 95.4 cm³/mol. The van der Waals surface area contributed by atoms with E-state index in [0.29, 0.717) is 24.3 Å². The third-order valence-electron chi connectivity index (χ3n) is 3.49. The molecule has 1 amide bonds. The zero-order valence-corrected chi connectivity index (χ0v) is 14.4. The van der Waals surface area contributed by atoms with E-state index in [-0.39, 0.29) is 11.7 Å². The number of carbonyl (C=O) groups is 2. The van der Waals surface area contributed by atoms with Crippen molar-refractivity contribution in [2.24, 2.45) is 0 Å². The molecule has 2 aromatic rings. The Bertz CT molecular complexity index is 880. The Morgan fingerprint density at radius 1 is 1.27 bits per heavy atom. The lowest BCUT2D eigenvalue weighted by Crippen LogP contribution is -2.26. The number of rotatable bonds is 7. The average Bonchev–Trinajstić information content (AvgIpc) is 2.59. The molecule has 0 saturated carbocycles. The van der Waals surface area contributed by atoms with E-state index in [4.69, 9.17) is 9.15 Å². The van der Waals surface area contributed by atoms with Gasteiger partial charge in [-0.05, 0) is 30.7 Å². The molecule has 2 rings (SSSR count).